The first-order valence-electron chi connectivity index (χ1n) is 8.81. The van der Waals surface area contributed by atoms with Crippen LogP contribution in [-0.2, 0) is 30.4 Å². The molecule has 0 saturated carbocycles. The maximum Gasteiger partial charge on any atom is 0.435 e. The molecule has 0 unspecified atom stereocenters. The van der Waals surface area contributed by atoms with Crippen molar-refractivity contribution in [2.45, 2.75) is 57.7 Å². The van der Waals surface area contributed by atoms with Gasteiger partial charge in [0.2, 0.25) is 5.91 Å². The van der Waals surface area contributed by atoms with Crippen molar-refractivity contribution in [3.05, 3.63) is 41.5 Å². The van der Waals surface area contributed by atoms with E-state index in [2.05, 4.69) is 15.4 Å². The second-order valence-corrected chi connectivity index (χ2v) is 6.45. The fourth-order valence-electron chi connectivity index (χ4n) is 3.29. The Bertz CT molecular complexity index is 756. The third-order valence-corrected chi connectivity index (χ3v) is 4.49. The molecule has 2 aromatic heterocycles. The van der Waals surface area contributed by atoms with Crippen LogP contribution in [0, 0.1) is 0 Å². The Labute approximate surface area is 149 Å². The van der Waals surface area contributed by atoms with Gasteiger partial charge in [-0.15, -0.1) is 0 Å². The molecule has 0 bridgehead atoms. The lowest BCUT2D eigenvalue weighted by molar-refractivity contribution is -0.142. The van der Waals surface area contributed by atoms with E-state index in [4.69, 9.17) is 0 Å². The largest absolute Gasteiger partial charge is 0.435 e. The molecule has 0 fully saturated rings. The van der Waals surface area contributed by atoms with Gasteiger partial charge in [0.25, 0.3) is 0 Å². The molecule has 1 N–H and O–H groups in total. The van der Waals surface area contributed by atoms with Gasteiger partial charge in [-0.25, -0.2) is 0 Å². The van der Waals surface area contributed by atoms with E-state index in [1.54, 1.807) is 24.5 Å². The second-order valence-electron chi connectivity index (χ2n) is 6.45. The Morgan fingerprint density at radius 2 is 2.04 bits per heavy atom. The third kappa shape index (κ3) is 4.42. The molecule has 140 valence electrons. The minimum absolute atomic E-state index is 0.128. The number of carbonyl (C=O) groups excluding carboxylic acids is 1. The van der Waals surface area contributed by atoms with Crippen LogP contribution < -0.4 is 5.32 Å². The summed E-state index contributed by atoms with van der Waals surface area (Å²) in [6.07, 6.45) is 3.02. The molecule has 26 heavy (non-hydrogen) atoms. The minimum atomic E-state index is -4.41. The van der Waals surface area contributed by atoms with Crippen LogP contribution in [0.25, 0.3) is 0 Å². The number of hydrogen-bond donors (Lipinski definition) is 1. The molecular formula is C18H21F3N4O. The van der Waals surface area contributed by atoms with Crippen LogP contribution in [0.3, 0.4) is 0 Å². The van der Waals surface area contributed by atoms with E-state index in [9.17, 15) is 18.0 Å². The summed E-state index contributed by atoms with van der Waals surface area (Å²) in [5.41, 5.74) is 0.969. The van der Waals surface area contributed by atoms with E-state index in [0.29, 0.717) is 55.6 Å². The summed E-state index contributed by atoms with van der Waals surface area (Å²) in [5, 5.41) is 6.57. The van der Waals surface area contributed by atoms with Crippen LogP contribution in [-0.4, -0.2) is 20.7 Å². The summed E-state index contributed by atoms with van der Waals surface area (Å²) in [6, 6.07) is 3.48. The van der Waals surface area contributed by atoms with Gasteiger partial charge >= 0.3 is 6.18 Å². The van der Waals surface area contributed by atoms with E-state index in [-0.39, 0.29) is 5.91 Å². The highest BCUT2D eigenvalue weighted by Crippen LogP contribution is 2.35. The summed E-state index contributed by atoms with van der Waals surface area (Å²) < 4.78 is 41.0. The quantitative estimate of drug-likeness (QED) is 0.787. The van der Waals surface area contributed by atoms with Gasteiger partial charge < -0.3 is 5.32 Å². The number of aryl methyl sites for hydroxylation is 1. The number of anilines is 1. The average Bonchev–Trinajstić information content (AvgIpc) is 2.99. The van der Waals surface area contributed by atoms with Gasteiger partial charge in [0.05, 0.1) is 11.9 Å². The lowest BCUT2D eigenvalue weighted by Gasteiger charge is -2.14. The molecule has 0 saturated heterocycles. The zero-order valence-corrected chi connectivity index (χ0v) is 14.4. The van der Waals surface area contributed by atoms with Gasteiger partial charge in [0, 0.05) is 30.4 Å². The molecule has 0 spiro atoms. The van der Waals surface area contributed by atoms with Gasteiger partial charge in [-0.2, -0.15) is 18.3 Å². The second kappa shape index (κ2) is 7.88. The van der Waals surface area contributed by atoms with Gasteiger partial charge in [0.1, 0.15) is 0 Å². The number of alkyl halides is 3. The normalized spacial score (nSPS) is 14.1. The molecule has 1 aliphatic carbocycles. The van der Waals surface area contributed by atoms with Crippen molar-refractivity contribution in [3.8, 4) is 0 Å². The zero-order valence-electron chi connectivity index (χ0n) is 14.4. The molecule has 5 nitrogen and oxygen atoms in total. The summed E-state index contributed by atoms with van der Waals surface area (Å²) in [7, 11) is 0. The van der Waals surface area contributed by atoms with Crippen molar-refractivity contribution in [2.75, 3.05) is 5.32 Å². The summed E-state index contributed by atoms with van der Waals surface area (Å²) in [6.45, 7) is 0.401. The van der Waals surface area contributed by atoms with Crippen molar-refractivity contribution in [2.24, 2.45) is 0 Å². The van der Waals surface area contributed by atoms with Crippen molar-refractivity contribution in [1.82, 2.24) is 14.8 Å². The highest BCUT2D eigenvalue weighted by molar-refractivity contribution is 5.90. The van der Waals surface area contributed by atoms with Gasteiger partial charge in [0.15, 0.2) is 5.69 Å². The highest BCUT2D eigenvalue weighted by atomic mass is 19.4. The molecule has 1 amide bonds. The highest BCUT2D eigenvalue weighted by Gasteiger charge is 2.39. The standard InChI is InChI=1S/C18H21F3N4O/c19-18(20,21)17-14-7-1-2-8-15(14)25(24-17)11-4-3-9-16(26)23-13-6-5-10-22-12-13/h5-6,10,12H,1-4,7-9,11H2,(H,23,26). The first-order valence-corrected chi connectivity index (χ1v) is 8.81. The Morgan fingerprint density at radius 1 is 1.23 bits per heavy atom. The smallest absolute Gasteiger partial charge is 0.325 e. The molecule has 0 atom stereocenters. The molecule has 0 aromatic carbocycles. The minimum Gasteiger partial charge on any atom is -0.325 e. The summed E-state index contributed by atoms with van der Waals surface area (Å²) in [5.74, 6) is -0.128. The lowest BCUT2D eigenvalue weighted by atomic mass is 9.95. The monoisotopic (exact) mass is 366 g/mol. The third-order valence-electron chi connectivity index (χ3n) is 4.49. The van der Waals surface area contributed by atoms with Crippen molar-refractivity contribution >= 4 is 11.6 Å². The summed E-state index contributed by atoms with van der Waals surface area (Å²) >= 11 is 0. The maximum absolute atomic E-state index is 13.2. The number of amides is 1. The Morgan fingerprint density at radius 3 is 2.77 bits per heavy atom. The summed E-state index contributed by atoms with van der Waals surface area (Å²) in [4.78, 5) is 15.8. The number of unbranched alkanes of at least 4 members (excludes halogenated alkanes) is 1. The van der Waals surface area contributed by atoms with E-state index in [1.807, 2.05) is 0 Å². The number of fused-ring (bicyclic) bond motifs is 1. The Kier molecular flexibility index (Phi) is 5.58. The number of pyridine rings is 1. The number of rotatable bonds is 6. The number of halogens is 3. The first-order chi connectivity index (χ1) is 12.4. The van der Waals surface area contributed by atoms with Crippen molar-refractivity contribution in [1.29, 1.82) is 0 Å². The number of carbonyl (C=O) groups is 1. The van der Waals surface area contributed by atoms with E-state index in [1.165, 1.54) is 4.68 Å². The van der Waals surface area contributed by atoms with Gasteiger partial charge in [-0.05, 0) is 50.7 Å². The topological polar surface area (TPSA) is 59.8 Å². The maximum atomic E-state index is 13.2. The predicted molar refractivity (Wildman–Crippen MR) is 90.6 cm³/mol. The Balaban J connectivity index is 1.53. The average molecular weight is 366 g/mol. The van der Waals surface area contributed by atoms with Crippen molar-refractivity contribution in [3.63, 3.8) is 0 Å². The molecule has 8 heteroatoms. The SMILES string of the molecule is O=C(CCCCn1nc(C(F)(F)F)c2c1CCCC2)Nc1cccnc1. The fourth-order valence-corrected chi connectivity index (χ4v) is 3.29. The van der Waals surface area contributed by atoms with Gasteiger partial charge in [-0.3, -0.25) is 14.5 Å². The molecular weight excluding hydrogens is 345 g/mol. The number of aromatic nitrogens is 3. The fraction of sp³-hybridized carbons (Fsp3) is 0.500. The van der Waals surface area contributed by atoms with Crippen LogP contribution in [0.4, 0.5) is 18.9 Å². The number of nitrogens with one attached hydrogen (secondary N) is 1. The number of hydrogen-bond acceptors (Lipinski definition) is 3. The van der Waals surface area contributed by atoms with E-state index in [0.717, 1.165) is 12.8 Å². The van der Waals surface area contributed by atoms with Crippen LogP contribution in [0.15, 0.2) is 24.5 Å². The number of nitrogens with zero attached hydrogens (tertiary/aromatic N) is 3. The lowest BCUT2D eigenvalue weighted by Crippen LogP contribution is -2.13. The van der Waals surface area contributed by atoms with Crippen LogP contribution in [0.2, 0.25) is 0 Å². The molecule has 2 aromatic rings. The molecule has 0 radical (unpaired) electrons. The first kappa shape index (κ1) is 18.4. The zero-order chi connectivity index (χ0) is 18.6. The van der Waals surface area contributed by atoms with E-state index >= 15 is 0 Å². The molecule has 2 heterocycles. The van der Waals surface area contributed by atoms with Gasteiger partial charge in [-0.1, -0.05) is 0 Å². The predicted octanol–water partition coefficient (Wildman–Crippen LogP) is 3.98. The van der Waals surface area contributed by atoms with E-state index < -0.39 is 11.9 Å². The van der Waals surface area contributed by atoms with Crippen LogP contribution in [0.5, 0.6) is 0 Å². The Hall–Kier alpha value is -2.38. The molecule has 0 aliphatic heterocycles. The van der Waals surface area contributed by atoms with Crippen molar-refractivity contribution < 1.29 is 18.0 Å². The molecule has 3 rings (SSSR count). The van der Waals surface area contributed by atoms with Crippen LogP contribution >= 0.6 is 0 Å². The van der Waals surface area contributed by atoms with Crippen LogP contribution in [0.1, 0.15) is 49.1 Å². The molecule has 1 aliphatic rings.